The first-order valence-electron chi connectivity index (χ1n) is 12.2. The van der Waals surface area contributed by atoms with Crippen molar-refractivity contribution >= 4 is 22.8 Å². The smallest absolute Gasteiger partial charge is 0.336 e. The molecule has 0 saturated carbocycles. The van der Waals surface area contributed by atoms with E-state index in [1.165, 1.54) is 6.07 Å². The van der Waals surface area contributed by atoms with Crippen molar-refractivity contribution in [3.05, 3.63) is 95.4 Å². The number of carbonyl (C=O) groups is 2. The van der Waals surface area contributed by atoms with Crippen LogP contribution in [-0.2, 0) is 13.0 Å². The lowest BCUT2D eigenvalue weighted by Gasteiger charge is -2.17. The number of pyridine rings is 2. The summed E-state index contributed by atoms with van der Waals surface area (Å²) in [7, 11) is 0. The minimum Gasteiger partial charge on any atom is -0.508 e. The predicted octanol–water partition coefficient (Wildman–Crippen LogP) is 5.39. The fraction of sp³-hybridized carbons (Fsp3) is 0.241. The van der Waals surface area contributed by atoms with Gasteiger partial charge in [-0.1, -0.05) is 39.0 Å². The Bertz CT molecular complexity index is 1340. The average molecular weight is 502 g/mol. The number of nitrogens with zero attached hydrogens (tertiary/aromatic N) is 2. The number of hydrogen-bond donors (Lipinski definition) is 3. The molecule has 2 aromatic carbocycles. The van der Waals surface area contributed by atoms with Crippen molar-refractivity contribution < 1.29 is 24.5 Å². The summed E-state index contributed by atoms with van der Waals surface area (Å²) in [5, 5.41) is 22.6. The maximum atomic E-state index is 13.0. The number of carboxylic acids is 1. The lowest BCUT2D eigenvalue weighted by Crippen LogP contribution is -2.36. The molecule has 4 rings (SSSR count). The summed E-state index contributed by atoms with van der Waals surface area (Å²) >= 11 is 0. The topological polar surface area (TPSA) is 122 Å². The number of aromatic nitrogens is 2. The van der Waals surface area contributed by atoms with Gasteiger partial charge in [0.25, 0.3) is 5.91 Å². The molecule has 2 aromatic heterocycles. The number of carbonyl (C=O) groups excluding carboxylic acids is 1. The Morgan fingerprint density at radius 3 is 2.41 bits per heavy atom. The molecule has 8 nitrogen and oxygen atoms in total. The minimum absolute atomic E-state index is 0.00467. The molecule has 0 spiro atoms. The Morgan fingerprint density at radius 2 is 1.76 bits per heavy atom. The third-order valence-corrected chi connectivity index (χ3v) is 5.62. The molecule has 4 aromatic rings. The van der Waals surface area contributed by atoms with Crippen LogP contribution in [-0.4, -0.2) is 38.1 Å². The Morgan fingerprint density at radius 1 is 1.03 bits per heavy atom. The number of ether oxygens (including phenoxy) is 1. The minimum atomic E-state index is -1.15. The largest absolute Gasteiger partial charge is 0.508 e. The average Bonchev–Trinajstić information content (AvgIpc) is 2.93. The lowest BCUT2D eigenvalue weighted by atomic mass is 10.0. The number of aromatic hydroxyl groups is 1. The number of benzene rings is 2. The van der Waals surface area contributed by atoms with E-state index in [1.807, 2.05) is 20.8 Å². The summed E-state index contributed by atoms with van der Waals surface area (Å²) < 4.78 is 5.71. The standard InChI is InChI=1S/C27H25N3O5.C2H6/c1-2-19(12-17-5-8-20(31)9-6-17)29-26(32)25-14-23(27(33)34)22-13-18(7-10-24(22)30-25)16-35-21-4-3-11-28-15-21;1-2/h3-11,13-15,19,31H,2,12,16H2,1H3,(H,29,32)(H,33,34);1-2H3. The molecule has 0 fully saturated rings. The van der Waals surface area contributed by atoms with Gasteiger partial charge < -0.3 is 20.3 Å². The van der Waals surface area contributed by atoms with Crippen LogP contribution in [0.3, 0.4) is 0 Å². The number of aromatic carboxylic acids is 1. The monoisotopic (exact) mass is 501 g/mol. The highest BCUT2D eigenvalue weighted by Gasteiger charge is 2.19. The Kier molecular flexibility index (Phi) is 9.55. The number of carboxylic acid groups (broad SMARTS) is 1. The molecule has 37 heavy (non-hydrogen) atoms. The van der Waals surface area contributed by atoms with E-state index in [9.17, 15) is 19.8 Å². The SMILES string of the molecule is CC.CCC(Cc1ccc(O)cc1)NC(=O)c1cc(C(=O)O)c2cc(COc3cccnc3)ccc2n1. The van der Waals surface area contributed by atoms with E-state index in [0.29, 0.717) is 29.5 Å². The van der Waals surface area contributed by atoms with Crippen LogP contribution in [0.2, 0.25) is 0 Å². The zero-order chi connectivity index (χ0) is 26.8. The summed E-state index contributed by atoms with van der Waals surface area (Å²) in [5.74, 6) is -0.801. The van der Waals surface area contributed by atoms with Gasteiger partial charge in [0.1, 0.15) is 23.8 Å². The quantitative estimate of drug-likeness (QED) is 0.281. The van der Waals surface area contributed by atoms with Gasteiger partial charge in [-0.2, -0.15) is 0 Å². The van der Waals surface area contributed by atoms with Gasteiger partial charge in [-0.05, 0) is 66.4 Å². The fourth-order valence-corrected chi connectivity index (χ4v) is 3.73. The number of fused-ring (bicyclic) bond motifs is 1. The predicted molar refractivity (Wildman–Crippen MR) is 142 cm³/mol. The molecule has 1 unspecified atom stereocenters. The molecule has 0 bridgehead atoms. The van der Waals surface area contributed by atoms with Crippen LogP contribution in [0.1, 0.15) is 59.2 Å². The van der Waals surface area contributed by atoms with E-state index in [0.717, 1.165) is 11.1 Å². The summed E-state index contributed by atoms with van der Waals surface area (Å²) in [6.07, 6.45) is 4.49. The van der Waals surface area contributed by atoms with Crippen molar-refractivity contribution in [2.45, 2.75) is 46.3 Å². The molecule has 0 radical (unpaired) electrons. The fourth-order valence-electron chi connectivity index (χ4n) is 3.73. The molecule has 3 N–H and O–H groups in total. The highest BCUT2D eigenvalue weighted by atomic mass is 16.5. The molecule has 8 heteroatoms. The lowest BCUT2D eigenvalue weighted by molar-refractivity contribution is 0.0699. The van der Waals surface area contributed by atoms with Gasteiger partial charge in [0.2, 0.25) is 0 Å². The van der Waals surface area contributed by atoms with E-state index in [4.69, 9.17) is 4.74 Å². The van der Waals surface area contributed by atoms with Gasteiger partial charge in [0.05, 0.1) is 17.3 Å². The number of phenolic OH excluding ortho intramolecular Hbond substituents is 1. The van der Waals surface area contributed by atoms with Crippen molar-refractivity contribution in [1.82, 2.24) is 15.3 Å². The first kappa shape index (κ1) is 27.1. The van der Waals surface area contributed by atoms with Crippen LogP contribution in [0.15, 0.2) is 73.1 Å². The van der Waals surface area contributed by atoms with Crippen molar-refractivity contribution in [2.24, 2.45) is 0 Å². The van der Waals surface area contributed by atoms with E-state index < -0.39 is 11.9 Å². The van der Waals surface area contributed by atoms with Gasteiger partial charge >= 0.3 is 5.97 Å². The number of amides is 1. The second-order valence-corrected chi connectivity index (χ2v) is 8.14. The molecule has 2 heterocycles. The van der Waals surface area contributed by atoms with Crippen LogP contribution in [0.25, 0.3) is 10.9 Å². The van der Waals surface area contributed by atoms with E-state index in [1.54, 1.807) is 67.0 Å². The Hall–Kier alpha value is -4.46. The highest BCUT2D eigenvalue weighted by molar-refractivity contribution is 6.06. The molecule has 1 atom stereocenters. The first-order chi connectivity index (χ1) is 17.9. The van der Waals surface area contributed by atoms with E-state index >= 15 is 0 Å². The van der Waals surface area contributed by atoms with Gasteiger partial charge in [0, 0.05) is 17.6 Å². The molecule has 1 amide bonds. The van der Waals surface area contributed by atoms with Gasteiger partial charge in [-0.15, -0.1) is 0 Å². The maximum absolute atomic E-state index is 13.0. The molecule has 0 saturated heterocycles. The Labute approximate surface area is 216 Å². The van der Waals surface area contributed by atoms with Crippen LogP contribution < -0.4 is 10.1 Å². The summed E-state index contributed by atoms with van der Waals surface area (Å²) in [6, 6.07) is 16.7. The van der Waals surface area contributed by atoms with Gasteiger partial charge in [0.15, 0.2) is 0 Å². The van der Waals surface area contributed by atoms with E-state index in [-0.39, 0.29) is 29.7 Å². The van der Waals surface area contributed by atoms with Crippen molar-refractivity contribution in [2.75, 3.05) is 0 Å². The summed E-state index contributed by atoms with van der Waals surface area (Å²) in [6.45, 7) is 6.19. The third-order valence-electron chi connectivity index (χ3n) is 5.62. The molecular weight excluding hydrogens is 470 g/mol. The zero-order valence-corrected chi connectivity index (χ0v) is 21.1. The number of rotatable bonds is 9. The third kappa shape index (κ3) is 7.27. The highest BCUT2D eigenvalue weighted by Crippen LogP contribution is 2.22. The second-order valence-electron chi connectivity index (χ2n) is 8.14. The number of nitrogens with one attached hydrogen (secondary N) is 1. The summed E-state index contributed by atoms with van der Waals surface area (Å²) in [4.78, 5) is 33.4. The summed E-state index contributed by atoms with van der Waals surface area (Å²) in [5.41, 5.74) is 2.18. The van der Waals surface area contributed by atoms with Crippen LogP contribution in [0.4, 0.5) is 0 Å². The van der Waals surface area contributed by atoms with Crippen LogP contribution >= 0.6 is 0 Å². The first-order valence-corrected chi connectivity index (χ1v) is 12.2. The second kappa shape index (κ2) is 13.0. The molecule has 192 valence electrons. The van der Waals surface area contributed by atoms with Crippen molar-refractivity contribution in [3.8, 4) is 11.5 Å². The molecule has 0 aliphatic carbocycles. The van der Waals surface area contributed by atoms with Crippen LogP contribution in [0.5, 0.6) is 11.5 Å². The molecule has 0 aliphatic rings. The number of hydrogen-bond acceptors (Lipinski definition) is 6. The number of phenols is 1. The zero-order valence-electron chi connectivity index (χ0n) is 21.1. The van der Waals surface area contributed by atoms with Gasteiger partial charge in [-0.3, -0.25) is 9.78 Å². The normalized spacial score (nSPS) is 11.2. The maximum Gasteiger partial charge on any atom is 0.336 e. The van der Waals surface area contributed by atoms with Crippen molar-refractivity contribution in [3.63, 3.8) is 0 Å². The van der Waals surface area contributed by atoms with E-state index in [2.05, 4.69) is 15.3 Å². The molecule has 0 aliphatic heterocycles. The Balaban J connectivity index is 0.00000186. The van der Waals surface area contributed by atoms with Crippen molar-refractivity contribution in [1.29, 1.82) is 0 Å². The molecular formula is C29H31N3O5. The van der Waals surface area contributed by atoms with Gasteiger partial charge in [-0.25, -0.2) is 9.78 Å². The van der Waals surface area contributed by atoms with Crippen LogP contribution in [0, 0.1) is 0 Å².